The molecule has 19 heavy (non-hydrogen) atoms. The second kappa shape index (κ2) is 6.55. The van der Waals surface area contributed by atoms with Gasteiger partial charge in [0.25, 0.3) is 0 Å². The van der Waals surface area contributed by atoms with E-state index < -0.39 is 0 Å². The number of rotatable bonds is 5. The third kappa shape index (κ3) is 3.71. The first-order valence-electron chi connectivity index (χ1n) is 8.49. The quantitative estimate of drug-likeness (QED) is 0.818. The standard InChI is InChI=1S/C16H31N3/c1-14(12-18-7-3-2-4-8-18)11-17-16-6-10-19-9-5-15(16)13-19/h14-17H,2-13H2,1H3. The van der Waals surface area contributed by atoms with Crippen LogP contribution in [-0.2, 0) is 0 Å². The first-order chi connectivity index (χ1) is 9.31. The van der Waals surface area contributed by atoms with Gasteiger partial charge in [-0.05, 0) is 70.2 Å². The van der Waals surface area contributed by atoms with Crippen LogP contribution < -0.4 is 5.32 Å². The van der Waals surface area contributed by atoms with Gasteiger partial charge in [-0.25, -0.2) is 0 Å². The predicted molar refractivity (Wildman–Crippen MR) is 80.4 cm³/mol. The summed E-state index contributed by atoms with van der Waals surface area (Å²) in [6.07, 6.45) is 7.09. The molecular formula is C16H31N3. The molecule has 3 nitrogen and oxygen atoms in total. The Hall–Kier alpha value is -0.120. The Bertz CT molecular complexity index is 275. The van der Waals surface area contributed by atoms with Crippen molar-refractivity contribution in [3.63, 3.8) is 0 Å². The van der Waals surface area contributed by atoms with Crippen molar-refractivity contribution in [1.82, 2.24) is 15.1 Å². The van der Waals surface area contributed by atoms with Crippen molar-refractivity contribution in [3.8, 4) is 0 Å². The molecule has 0 aliphatic carbocycles. The van der Waals surface area contributed by atoms with E-state index in [1.54, 1.807) is 0 Å². The summed E-state index contributed by atoms with van der Waals surface area (Å²) in [6, 6.07) is 0.808. The Labute approximate surface area is 118 Å². The van der Waals surface area contributed by atoms with E-state index in [1.807, 2.05) is 0 Å². The lowest BCUT2D eigenvalue weighted by molar-refractivity contribution is 0.184. The Morgan fingerprint density at radius 1 is 1.05 bits per heavy atom. The van der Waals surface area contributed by atoms with Gasteiger partial charge in [0.15, 0.2) is 0 Å². The van der Waals surface area contributed by atoms with E-state index in [4.69, 9.17) is 0 Å². The molecule has 3 aliphatic heterocycles. The summed E-state index contributed by atoms with van der Waals surface area (Å²) in [5.74, 6) is 1.74. The molecule has 0 saturated carbocycles. The average molecular weight is 265 g/mol. The first-order valence-corrected chi connectivity index (χ1v) is 8.49. The maximum Gasteiger partial charge on any atom is 0.0120 e. The second-order valence-electron chi connectivity index (χ2n) is 7.12. The van der Waals surface area contributed by atoms with Crippen molar-refractivity contribution in [2.45, 2.75) is 45.1 Å². The second-order valence-corrected chi connectivity index (χ2v) is 7.12. The SMILES string of the molecule is CC(CNC1CCN2CCC1C2)CN1CCCCC1. The molecule has 4 atom stereocenters. The average Bonchev–Trinajstić information content (AvgIpc) is 2.81. The Morgan fingerprint density at radius 2 is 1.84 bits per heavy atom. The molecule has 0 aromatic rings. The zero-order chi connectivity index (χ0) is 13.1. The molecule has 1 N–H and O–H groups in total. The van der Waals surface area contributed by atoms with Crippen molar-refractivity contribution in [2.75, 3.05) is 45.8 Å². The van der Waals surface area contributed by atoms with Crippen LogP contribution in [0, 0.1) is 11.8 Å². The Morgan fingerprint density at radius 3 is 2.68 bits per heavy atom. The molecule has 3 heterocycles. The number of likely N-dealkylation sites (tertiary alicyclic amines) is 1. The number of piperidine rings is 2. The zero-order valence-corrected chi connectivity index (χ0v) is 12.6. The number of hydrogen-bond donors (Lipinski definition) is 1. The smallest absolute Gasteiger partial charge is 0.0120 e. The van der Waals surface area contributed by atoms with Crippen molar-refractivity contribution >= 4 is 0 Å². The van der Waals surface area contributed by atoms with Gasteiger partial charge in [0.2, 0.25) is 0 Å². The molecule has 3 aliphatic rings. The van der Waals surface area contributed by atoms with Crippen LogP contribution in [0.2, 0.25) is 0 Å². The van der Waals surface area contributed by atoms with E-state index in [-0.39, 0.29) is 0 Å². The van der Waals surface area contributed by atoms with E-state index in [0.29, 0.717) is 0 Å². The Balaban J connectivity index is 1.36. The van der Waals surface area contributed by atoms with Crippen LogP contribution in [0.3, 0.4) is 0 Å². The van der Waals surface area contributed by atoms with Gasteiger partial charge in [-0.2, -0.15) is 0 Å². The van der Waals surface area contributed by atoms with E-state index >= 15 is 0 Å². The highest BCUT2D eigenvalue weighted by molar-refractivity contribution is 4.90. The van der Waals surface area contributed by atoms with Crippen LogP contribution in [0.15, 0.2) is 0 Å². The summed E-state index contributed by atoms with van der Waals surface area (Å²) in [5, 5.41) is 3.89. The third-order valence-electron chi connectivity index (χ3n) is 5.38. The summed E-state index contributed by atoms with van der Waals surface area (Å²) in [5.41, 5.74) is 0. The number of nitrogens with one attached hydrogen (secondary N) is 1. The van der Waals surface area contributed by atoms with E-state index in [9.17, 15) is 0 Å². The number of nitrogens with zero attached hydrogens (tertiary/aromatic N) is 2. The maximum absolute atomic E-state index is 3.89. The van der Waals surface area contributed by atoms with Crippen LogP contribution in [0.5, 0.6) is 0 Å². The summed E-state index contributed by atoms with van der Waals surface area (Å²) in [7, 11) is 0. The van der Waals surface area contributed by atoms with Gasteiger partial charge in [-0.3, -0.25) is 0 Å². The van der Waals surface area contributed by atoms with Gasteiger partial charge < -0.3 is 15.1 Å². The van der Waals surface area contributed by atoms with Crippen LogP contribution >= 0.6 is 0 Å². The number of hydrogen-bond acceptors (Lipinski definition) is 3. The summed E-state index contributed by atoms with van der Waals surface area (Å²) < 4.78 is 0. The molecule has 2 bridgehead atoms. The van der Waals surface area contributed by atoms with Gasteiger partial charge in [0, 0.05) is 19.1 Å². The van der Waals surface area contributed by atoms with Crippen LogP contribution in [0.4, 0.5) is 0 Å². The zero-order valence-electron chi connectivity index (χ0n) is 12.6. The van der Waals surface area contributed by atoms with Gasteiger partial charge in [0.1, 0.15) is 0 Å². The molecule has 110 valence electrons. The van der Waals surface area contributed by atoms with Crippen molar-refractivity contribution in [3.05, 3.63) is 0 Å². The Kier molecular flexibility index (Phi) is 4.78. The minimum Gasteiger partial charge on any atom is -0.313 e. The van der Waals surface area contributed by atoms with Crippen LogP contribution in [0.25, 0.3) is 0 Å². The van der Waals surface area contributed by atoms with Crippen molar-refractivity contribution < 1.29 is 0 Å². The van der Waals surface area contributed by atoms with E-state index in [1.165, 1.54) is 77.9 Å². The minimum absolute atomic E-state index is 0.803. The maximum atomic E-state index is 3.89. The lowest BCUT2D eigenvalue weighted by Gasteiger charge is -2.33. The van der Waals surface area contributed by atoms with Gasteiger partial charge in [0.05, 0.1) is 0 Å². The molecule has 3 fully saturated rings. The lowest BCUT2D eigenvalue weighted by Crippen LogP contribution is -2.46. The summed E-state index contributed by atoms with van der Waals surface area (Å²) >= 11 is 0. The lowest BCUT2D eigenvalue weighted by atomic mass is 9.93. The minimum atomic E-state index is 0.803. The van der Waals surface area contributed by atoms with Crippen molar-refractivity contribution in [2.24, 2.45) is 11.8 Å². The molecule has 4 unspecified atom stereocenters. The van der Waals surface area contributed by atoms with Gasteiger partial charge in [-0.15, -0.1) is 0 Å². The highest BCUT2D eigenvalue weighted by Crippen LogP contribution is 2.27. The monoisotopic (exact) mass is 265 g/mol. The van der Waals surface area contributed by atoms with Crippen LogP contribution in [-0.4, -0.2) is 61.7 Å². The molecule has 0 aromatic heterocycles. The van der Waals surface area contributed by atoms with Gasteiger partial charge >= 0.3 is 0 Å². The summed E-state index contributed by atoms with van der Waals surface area (Å²) in [6.45, 7) is 11.7. The first kappa shape index (κ1) is 13.8. The highest BCUT2D eigenvalue weighted by Gasteiger charge is 2.33. The highest BCUT2D eigenvalue weighted by atomic mass is 15.2. The molecule has 0 radical (unpaired) electrons. The van der Waals surface area contributed by atoms with Crippen LogP contribution in [0.1, 0.15) is 39.0 Å². The molecule has 3 heteroatoms. The molecule has 3 saturated heterocycles. The fourth-order valence-corrected chi connectivity index (χ4v) is 4.22. The van der Waals surface area contributed by atoms with Crippen molar-refractivity contribution in [1.29, 1.82) is 0 Å². The van der Waals surface area contributed by atoms with Gasteiger partial charge in [-0.1, -0.05) is 13.3 Å². The fraction of sp³-hybridized carbons (Fsp3) is 1.00. The van der Waals surface area contributed by atoms with E-state index in [2.05, 4.69) is 22.0 Å². The predicted octanol–water partition coefficient (Wildman–Crippen LogP) is 1.79. The fourth-order valence-electron chi connectivity index (χ4n) is 4.22. The van der Waals surface area contributed by atoms with E-state index in [0.717, 1.165) is 17.9 Å². The molecule has 0 aromatic carbocycles. The number of fused-ring (bicyclic) bond motifs is 2. The molecular weight excluding hydrogens is 234 g/mol. The normalized spacial score (nSPS) is 37.4. The largest absolute Gasteiger partial charge is 0.313 e. The third-order valence-corrected chi connectivity index (χ3v) is 5.38. The molecule has 0 amide bonds. The molecule has 3 rings (SSSR count). The molecule has 0 spiro atoms. The summed E-state index contributed by atoms with van der Waals surface area (Å²) in [4.78, 5) is 5.31. The topological polar surface area (TPSA) is 18.5 Å².